The number of carbonyl (C=O) groups is 2. The van der Waals surface area contributed by atoms with Crippen LogP contribution in [0.1, 0.15) is 31.9 Å². The number of hydrogen-bond donors (Lipinski definition) is 1. The van der Waals surface area contributed by atoms with Crippen LogP contribution >= 0.6 is 11.3 Å². The lowest BCUT2D eigenvalue weighted by Crippen LogP contribution is -2.38. The lowest BCUT2D eigenvalue weighted by molar-refractivity contribution is -0.144. The van der Waals surface area contributed by atoms with Crippen molar-refractivity contribution in [2.24, 2.45) is 5.92 Å². The third kappa shape index (κ3) is 6.65. The molecule has 0 saturated heterocycles. The fraction of sp³-hybridized carbons (Fsp3) is 0.292. The molecule has 0 spiro atoms. The molecule has 3 aromatic rings. The Hall–Kier alpha value is -3.19. The van der Waals surface area contributed by atoms with Gasteiger partial charge in [-0.05, 0) is 35.9 Å². The largest absolute Gasteiger partial charge is 0.452 e. The van der Waals surface area contributed by atoms with E-state index in [1.807, 2.05) is 79.5 Å². The molecule has 0 unspecified atom stereocenters. The van der Waals surface area contributed by atoms with E-state index in [-0.39, 0.29) is 18.6 Å². The van der Waals surface area contributed by atoms with Gasteiger partial charge in [-0.25, -0.2) is 4.79 Å². The molecule has 1 amide bonds. The van der Waals surface area contributed by atoms with Crippen molar-refractivity contribution in [3.8, 4) is 10.6 Å². The highest BCUT2D eigenvalue weighted by Crippen LogP contribution is 2.27. The van der Waals surface area contributed by atoms with Crippen LogP contribution < -0.4 is 5.32 Å². The highest BCUT2D eigenvalue weighted by atomic mass is 32.1. The number of benzene rings is 1. The van der Waals surface area contributed by atoms with E-state index in [0.717, 1.165) is 21.7 Å². The molecule has 0 aliphatic heterocycles. The maximum absolute atomic E-state index is 12.1. The summed E-state index contributed by atoms with van der Waals surface area (Å²) in [5.74, 6) is -0.569. The summed E-state index contributed by atoms with van der Waals surface area (Å²) in [7, 11) is 0. The minimum absolute atomic E-state index is 0.0190. The molecule has 0 aliphatic carbocycles. The molecule has 162 valence electrons. The van der Waals surface area contributed by atoms with Gasteiger partial charge in [0.1, 0.15) is 5.69 Å². The molecule has 0 fully saturated rings. The minimum Gasteiger partial charge on any atom is -0.452 e. The minimum atomic E-state index is -0.569. The quantitative estimate of drug-likeness (QED) is 0.398. The van der Waals surface area contributed by atoms with E-state index in [2.05, 4.69) is 5.32 Å². The summed E-state index contributed by atoms with van der Waals surface area (Å²) in [6, 6.07) is 14.0. The molecule has 1 N–H and O–H groups in total. The fourth-order valence-corrected chi connectivity index (χ4v) is 3.55. The Labute approximate surface area is 186 Å². The molecule has 0 radical (unpaired) electrons. The molecular weight excluding hydrogens is 410 g/mol. The van der Waals surface area contributed by atoms with E-state index in [4.69, 9.17) is 9.84 Å². The number of rotatable bonds is 9. The van der Waals surface area contributed by atoms with Gasteiger partial charge in [-0.15, -0.1) is 11.3 Å². The number of ether oxygens (including phenoxy) is 1. The Morgan fingerprint density at radius 2 is 1.94 bits per heavy atom. The number of aromatic nitrogens is 2. The molecular formula is C24H27N3O3S. The topological polar surface area (TPSA) is 73.2 Å². The van der Waals surface area contributed by atoms with Crippen LogP contribution in [-0.2, 0) is 20.9 Å². The second kappa shape index (κ2) is 10.7. The van der Waals surface area contributed by atoms with Crippen molar-refractivity contribution in [1.82, 2.24) is 15.1 Å². The van der Waals surface area contributed by atoms with Gasteiger partial charge >= 0.3 is 5.97 Å². The maximum Gasteiger partial charge on any atom is 0.331 e. The Bertz CT molecular complexity index is 1020. The van der Waals surface area contributed by atoms with Crippen molar-refractivity contribution in [3.63, 3.8) is 0 Å². The first-order valence-electron chi connectivity index (χ1n) is 10.2. The number of thiophene rings is 1. The lowest BCUT2D eigenvalue weighted by Gasteiger charge is -2.16. The van der Waals surface area contributed by atoms with E-state index in [1.165, 1.54) is 6.08 Å². The first-order chi connectivity index (χ1) is 14.9. The first-order valence-corrected chi connectivity index (χ1v) is 11.1. The van der Waals surface area contributed by atoms with Crippen LogP contribution in [0.4, 0.5) is 0 Å². The molecule has 1 atom stereocenters. The summed E-state index contributed by atoms with van der Waals surface area (Å²) in [5.41, 5.74) is 2.76. The second-order valence-corrected chi connectivity index (χ2v) is 8.58. The summed E-state index contributed by atoms with van der Waals surface area (Å²) in [4.78, 5) is 25.0. The second-order valence-electron chi connectivity index (χ2n) is 7.63. The van der Waals surface area contributed by atoms with Crippen LogP contribution in [0.25, 0.3) is 16.6 Å². The van der Waals surface area contributed by atoms with E-state index in [9.17, 15) is 9.59 Å². The average Bonchev–Trinajstić information content (AvgIpc) is 3.41. The molecule has 3 rings (SSSR count). The predicted octanol–water partition coefficient (Wildman–Crippen LogP) is 4.38. The number of hydrogen-bond acceptors (Lipinski definition) is 5. The molecule has 0 saturated carbocycles. The van der Waals surface area contributed by atoms with Crippen LogP contribution in [0.2, 0.25) is 0 Å². The Morgan fingerprint density at radius 3 is 2.61 bits per heavy atom. The molecule has 0 aliphatic rings. The third-order valence-electron chi connectivity index (χ3n) is 4.87. The van der Waals surface area contributed by atoms with Crippen LogP contribution in [0.5, 0.6) is 0 Å². The van der Waals surface area contributed by atoms with E-state index >= 15 is 0 Å². The summed E-state index contributed by atoms with van der Waals surface area (Å²) in [6.07, 6.45) is 4.92. The van der Waals surface area contributed by atoms with Crippen LogP contribution in [0.3, 0.4) is 0 Å². The predicted molar refractivity (Wildman–Crippen MR) is 124 cm³/mol. The summed E-state index contributed by atoms with van der Waals surface area (Å²) in [5, 5.41) is 9.51. The van der Waals surface area contributed by atoms with E-state index < -0.39 is 5.97 Å². The Kier molecular flexibility index (Phi) is 7.78. The van der Waals surface area contributed by atoms with Crippen molar-refractivity contribution < 1.29 is 14.3 Å². The van der Waals surface area contributed by atoms with Gasteiger partial charge in [0.2, 0.25) is 0 Å². The summed E-state index contributed by atoms with van der Waals surface area (Å²) in [6.45, 7) is 6.28. The normalized spacial score (nSPS) is 12.3. The van der Waals surface area contributed by atoms with Crippen molar-refractivity contribution in [2.75, 3.05) is 6.61 Å². The standard InChI is InChI=1S/C24H27N3O3S/c1-17(2)18(3)25-22(28)16-30-23(29)12-11-20-15-27(14-19-8-5-4-6-9-19)26-24(20)21-10-7-13-31-21/h4-13,15,17-18H,14,16H2,1-3H3,(H,25,28)/b12-11+/t18-/m0/s1. The Morgan fingerprint density at radius 1 is 1.16 bits per heavy atom. The third-order valence-corrected chi connectivity index (χ3v) is 5.74. The zero-order valence-corrected chi connectivity index (χ0v) is 18.8. The maximum atomic E-state index is 12.1. The number of nitrogens with zero attached hydrogens (tertiary/aromatic N) is 2. The molecule has 1 aromatic carbocycles. The monoisotopic (exact) mass is 437 g/mol. The molecule has 0 bridgehead atoms. The zero-order valence-electron chi connectivity index (χ0n) is 17.9. The van der Waals surface area contributed by atoms with Gasteiger partial charge in [0, 0.05) is 23.9 Å². The van der Waals surface area contributed by atoms with Gasteiger partial charge in [0.15, 0.2) is 6.61 Å². The molecule has 31 heavy (non-hydrogen) atoms. The highest BCUT2D eigenvalue weighted by Gasteiger charge is 2.13. The average molecular weight is 438 g/mol. The van der Waals surface area contributed by atoms with Crippen molar-refractivity contribution >= 4 is 29.3 Å². The van der Waals surface area contributed by atoms with E-state index in [0.29, 0.717) is 12.5 Å². The molecule has 6 nitrogen and oxygen atoms in total. The number of nitrogens with one attached hydrogen (secondary N) is 1. The first kappa shape index (κ1) is 22.5. The van der Waals surface area contributed by atoms with Crippen molar-refractivity contribution in [3.05, 3.63) is 71.2 Å². The number of carbonyl (C=O) groups excluding carboxylic acids is 2. The van der Waals surface area contributed by atoms with Gasteiger partial charge in [-0.1, -0.05) is 50.2 Å². The number of esters is 1. The lowest BCUT2D eigenvalue weighted by atomic mass is 10.1. The number of amides is 1. The highest BCUT2D eigenvalue weighted by molar-refractivity contribution is 7.13. The molecule has 2 aromatic heterocycles. The van der Waals surface area contributed by atoms with E-state index in [1.54, 1.807) is 17.4 Å². The van der Waals surface area contributed by atoms with Gasteiger partial charge in [-0.2, -0.15) is 5.10 Å². The molecule has 7 heteroatoms. The molecule has 2 heterocycles. The van der Waals surface area contributed by atoms with Gasteiger partial charge in [0.25, 0.3) is 5.91 Å². The van der Waals surface area contributed by atoms with Crippen LogP contribution in [0.15, 0.2) is 60.1 Å². The van der Waals surface area contributed by atoms with Gasteiger partial charge in [0.05, 0.1) is 11.4 Å². The van der Waals surface area contributed by atoms with Crippen molar-refractivity contribution in [1.29, 1.82) is 0 Å². The Balaban J connectivity index is 1.67. The van der Waals surface area contributed by atoms with Gasteiger partial charge < -0.3 is 10.1 Å². The van der Waals surface area contributed by atoms with Crippen molar-refractivity contribution in [2.45, 2.75) is 33.4 Å². The smallest absolute Gasteiger partial charge is 0.331 e. The van der Waals surface area contributed by atoms with Crippen LogP contribution in [0, 0.1) is 5.92 Å². The summed E-state index contributed by atoms with van der Waals surface area (Å²) >= 11 is 1.59. The van der Waals surface area contributed by atoms with Crippen LogP contribution in [-0.4, -0.2) is 34.3 Å². The summed E-state index contributed by atoms with van der Waals surface area (Å²) < 4.78 is 6.93. The zero-order chi connectivity index (χ0) is 22.2. The van der Waals surface area contributed by atoms with Gasteiger partial charge in [-0.3, -0.25) is 9.48 Å². The SMILES string of the molecule is CC(C)[C@H](C)NC(=O)COC(=O)/C=C/c1cn(Cc2ccccc2)nc1-c1cccs1. The fourth-order valence-electron chi connectivity index (χ4n) is 2.82.